The zero-order chi connectivity index (χ0) is 28.3. The molecule has 0 bridgehead atoms. The molecule has 0 spiro atoms. The van der Waals surface area contributed by atoms with Gasteiger partial charge in [-0.1, -0.05) is 38.3 Å². The molecule has 2 heterocycles. The number of rotatable bonds is 14. The third-order valence-corrected chi connectivity index (χ3v) is 8.63. The van der Waals surface area contributed by atoms with Crippen LogP contribution < -0.4 is 0 Å². The Labute approximate surface area is 234 Å². The lowest BCUT2D eigenvalue weighted by molar-refractivity contribution is 0.0535. The molecule has 2 aliphatic heterocycles. The Morgan fingerprint density at radius 2 is 1.08 bits per heavy atom. The van der Waals surface area contributed by atoms with Gasteiger partial charge in [0.25, 0.3) is 0 Å². The van der Waals surface area contributed by atoms with Gasteiger partial charge >= 0.3 is 12.1 Å². The Balaban J connectivity index is 1.84. The Bertz CT molecular complexity index is 797. The van der Waals surface area contributed by atoms with Crippen molar-refractivity contribution in [1.82, 2.24) is 19.6 Å². The first-order valence-corrected chi connectivity index (χ1v) is 14.5. The van der Waals surface area contributed by atoms with Crippen LogP contribution >= 0.6 is 24.4 Å². The summed E-state index contributed by atoms with van der Waals surface area (Å²) in [6.07, 6.45) is 2.02. The Kier molecular flexibility index (Phi) is 10.9. The van der Waals surface area contributed by atoms with Gasteiger partial charge in [-0.15, -0.1) is 0 Å². The molecule has 2 rings (SSSR count). The van der Waals surface area contributed by atoms with Gasteiger partial charge in [-0.2, -0.15) is 0 Å². The number of hydrogen-bond donors (Lipinski definition) is 2. The normalized spacial score (nSPS) is 20.8. The summed E-state index contributed by atoms with van der Waals surface area (Å²) in [6.45, 7) is 18.1. The molecule has 10 heteroatoms. The SMILES string of the molecule is CCN1CC(=S)N(C(C)(C)CC(C)C(O)CCCC(O)C(C)CC(C)(C)N2C(=O)N(CC)CC2=S)C1=O. The summed E-state index contributed by atoms with van der Waals surface area (Å²) >= 11 is 11.0. The summed E-state index contributed by atoms with van der Waals surface area (Å²) in [7, 11) is 0. The number of likely N-dealkylation sites (N-methyl/N-ethyl adjacent to an activating group) is 2. The van der Waals surface area contributed by atoms with Crippen LogP contribution in [0.15, 0.2) is 0 Å². The lowest BCUT2D eigenvalue weighted by Gasteiger charge is -2.38. The van der Waals surface area contributed by atoms with E-state index in [-0.39, 0.29) is 23.9 Å². The standard InChI is InChI=1S/C27H48N4O4S2/c1-9-28-16-22(36)30(24(28)34)26(5,6)14-18(3)20(32)12-11-13-21(33)19(4)15-27(7,8)31-23(37)17-29(10-2)25(31)35/h18-21,32-33H,9-17H2,1-8H3. The number of carbonyl (C=O) groups is 2. The molecule has 212 valence electrons. The molecule has 0 saturated carbocycles. The monoisotopic (exact) mass is 556 g/mol. The lowest BCUT2D eigenvalue weighted by atomic mass is 9.83. The quantitative estimate of drug-likeness (QED) is 0.303. The minimum Gasteiger partial charge on any atom is -0.393 e. The van der Waals surface area contributed by atoms with Crippen LogP contribution in [-0.4, -0.2) is 101 Å². The smallest absolute Gasteiger partial charge is 0.325 e. The van der Waals surface area contributed by atoms with Gasteiger partial charge in [0, 0.05) is 24.2 Å². The second-order valence-electron chi connectivity index (χ2n) is 12.1. The highest BCUT2D eigenvalue weighted by molar-refractivity contribution is 7.80. The van der Waals surface area contributed by atoms with Gasteiger partial charge in [0.15, 0.2) is 0 Å². The molecule has 2 aliphatic rings. The average molecular weight is 557 g/mol. The van der Waals surface area contributed by atoms with Crippen LogP contribution in [0.3, 0.4) is 0 Å². The number of aliphatic hydroxyl groups is 2. The maximum absolute atomic E-state index is 12.7. The fourth-order valence-corrected chi connectivity index (χ4v) is 6.88. The summed E-state index contributed by atoms with van der Waals surface area (Å²) in [5, 5.41) is 21.7. The largest absolute Gasteiger partial charge is 0.393 e. The highest BCUT2D eigenvalue weighted by atomic mass is 32.1. The molecule has 2 fully saturated rings. The van der Waals surface area contributed by atoms with E-state index in [4.69, 9.17) is 24.4 Å². The molecular weight excluding hydrogens is 508 g/mol. The molecule has 2 N–H and O–H groups in total. The van der Waals surface area contributed by atoms with Crippen molar-refractivity contribution in [1.29, 1.82) is 0 Å². The van der Waals surface area contributed by atoms with E-state index in [9.17, 15) is 19.8 Å². The molecule has 0 aromatic rings. The van der Waals surface area contributed by atoms with Crippen LogP contribution in [0.25, 0.3) is 0 Å². The second-order valence-corrected chi connectivity index (χ2v) is 13.0. The van der Waals surface area contributed by atoms with Crippen molar-refractivity contribution in [3.05, 3.63) is 0 Å². The summed E-state index contributed by atoms with van der Waals surface area (Å²) in [6, 6.07) is -0.115. The van der Waals surface area contributed by atoms with Gasteiger partial charge in [0.2, 0.25) is 0 Å². The number of amides is 4. The molecular formula is C27H48N4O4S2. The van der Waals surface area contributed by atoms with Gasteiger partial charge in [0.1, 0.15) is 9.98 Å². The fraction of sp³-hybridized carbons (Fsp3) is 0.852. The first kappa shape index (κ1) is 31.9. The van der Waals surface area contributed by atoms with E-state index < -0.39 is 23.3 Å². The minimum absolute atomic E-state index is 0.0292. The van der Waals surface area contributed by atoms with Gasteiger partial charge in [0.05, 0.1) is 25.3 Å². The summed E-state index contributed by atoms with van der Waals surface area (Å²) in [5.74, 6) is -0.0584. The molecule has 4 unspecified atom stereocenters. The van der Waals surface area contributed by atoms with Crippen molar-refractivity contribution in [2.75, 3.05) is 26.2 Å². The number of urea groups is 2. The third-order valence-electron chi connectivity index (χ3n) is 8.01. The van der Waals surface area contributed by atoms with Crippen LogP contribution in [0.2, 0.25) is 0 Å². The van der Waals surface area contributed by atoms with E-state index in [0.717, 1.165) is 0 Å². The van der Waals surface area contributed by atoms with Crippen LogP contribution in [-0.2, 0) is 0 Å². The number of thiocarbonyl (C=S) groups is 2. The Morgan fingerprint density at radius 1 is 0.757 bits per heavy atom. The van der Waals surface area contributed by atoms with E-state index in [2.05, 4.69) is 0 Å². The maximum Gasteiger partial charge on any atom is 0.325 e. The van der Waals surface area contributed by atoms with E-state index in [0.29, 0.717) is 68.3 Å². The van der Waals surface area contributed by atoms with Gasteiger partial charge in [-0.3, -0.25) is 9.80 Å². The number of hydrogen-bond acceptors (Lipinski definition) is 6. The predicted octanol–water partition coefficient (Wildman–Crippen LogP) is 4.66. The third kappa shape index (κ3) is 7.40. The van der Waals surface area contributed by atoms with E-state index >= 15 is 0 Å². The zero-order valence-corrected chi connectivity index (χ0v) is 25.6. The first-order valence-electron chi connectivity index (χ1n) is 13.7. The van der Waals surface area contributed by atoms with E-state index in [1.807, 2.05) is 55.4 Å². The van der Waals surface area contributed by atoms with Gasteiger partial charge in [-0.05, 0) is 85.5 Å². The molecule has 0 aromatic heterocycles. The van der Waals surface area contributed by atoms with Crippen molar-refractivity contribution in [3.8, 4) is 0 Å². The first-order chi connectivity index (χ1) is 17.1. The molecule has 0 aliphatic carbocycles. The van der Waals surface area contributed by atoms with Crippen molar-refractivity contribution in [3.63, 3.8) is 0 Å². The van der Waals surface area contributed by atoms with Gasteiger partial charge < -0.3 is 20.0 Å². The van der Waals surface area contributed by atoms with Gasteiger partial charge in [-0.25, -0.2) is 9.59 Å². The highest BCUT2D eigenvalue weighted by Crippen LogP contribution is 2.33. The van der Waals surface area contributed by atoms with E-state index in [1.165, 1.54) is 0 Å². The molecule has 37 heavy (non-hydrogen) atoms. The van der Waals surface area contributed by atoms with Crippen LogP contribution in [0.1, 0.15) is 87.5 Å². The molecule has 4 atom stereocenters. The van der Waals surface area contributed by atoms with Crippen LogP contribution in [0, 0.1) is 11.8 Å². The fourth-order valence-electron chi connectivity index (χ4n) is 5.92. The minimum atomic E-state index is -0.536. The Morgan fingerprint density at radius 3 is 1.35 bits per heavy atom. The summed E-state index contributed by atoms with van der Waals surface area (Å²) in [5.41, 5.74) is -0.974. The Hall–Kier alpha value is -1.36. The van der Waals surface area contributed by atoms with Crippen LogP contribution in [0.5, 0.6) is 0 Å². The maximum atomic E-state index is 12.7. The number of carbonyl (C=O) groups excluding carboxylic acids is 2. The summed E-state index contributed by atoms with van der Waals surface area (Å²) < 4.78 is 0. The average Bonchev–Trinajstić information content (AvgIpc) is 3.26. The van der Waals surface area contributed by atoms with Crippen molar-refractivity contribution < 1.29 is 19.8 Å². The topological polar surface area (TPSA) is 87.6 Å². The number of aliphatic hydroxyl groups excluding tert-OH is 2. The van der Waals surface area contributed by atoms with Crippen molar-refractivity contribution in [2.24, 2.45) is 11.8 Å². The highest BCUT2D eigenvalue weighted by Gasteiger charge is 2.44. The lowest BCUT2D eigenvalue weighted by Crippen LogP contribution is -2.49. The van der Waals surface area contributed by atoms with Crippen molar-refractivity contribution in [2.45, 2.75) is 111 Å². The van der Waals surface area contributed by atoms with Crippen LogP contribution in [0.4, 0.5) is 9.59 Å². The molecule has 2 saturated heterocycles. The number of nitrogens with zero attached hydrogens (tertiary/aromatic N) is 4. The molecule has 4 amide bonds. The summed E-state index contributed by atoms with van der Waals surface area (Å²) in [4.78, 5) is 33.7. The predicted molar refractivity (Wildman–Crippen MR) is 156 cm³/mol. The zero-order valence-electron chi connectivity index (χ0n) is 24.0. The van der Waals surface area contributed by atoms with E-state index in [1.54, 1.807) is 19.6 Å². The molecule has 8 nitrogen and oxygen atoms in total. The molecule has 0 radical (unpaired) electrons. The second kappa shape index (κ2) is 12.7. The molecule has 0 aromatic carbocycles. The van der Waals surface area contributed by atoms with Crippen molar-refractivity contribution >= 4 is 46.5 Å².